The van der Waals surface area contributed by atoms with E-state index in [9.17, 15) is 13.2 Å². The highest BCUT2D eigenvalue weighted by Crippen LogP contribution is 2.28. The number of anilines is 3. The molecular weight excluding hydrogens is 345 g/mol. The van der Waals surface area contributed by atoms with Gasteiger partial charge < -0.3 is 10.6 Å². The van der Waals surface area contributed by atoms with Gasteiger partial charge in [0.1, 0.15) is 12.4 Å². The zero-order valence-corrected chi connectivity index (χ0v) is 13.3. The Balaban J connectivity index is 1.64. The molecule has 4 rings (SSSR count). The molecule has 26 heavy (non-hydrogen) atoms. The van der Waals surface area contributed by atoms with Crippen molar-refractivity contribution in [2.75, 3.05) is 17.2 Å². The molecule has 0 aliphatic heterocycles. The number of pyridine rings is 2. The van der Waals surface area contributed by atoms with Crippen molar-refractivity contribution in [1.29, 1.82) is 0 Å². The molecule has 6 nitrogen and oxygen atoms in total. The second-order valence-corrected chi connectivity index (χ2v) is 5.66. The molecule has 0 amide bonds. The summed E-state index contributed by atoms with van der Waals surface area (Å²) >= 11 is 0. The summed E-state index contributed by atoms with van der Waals surface area (Å²) in [7, 11) is 0. The number of rotatable bonds is 4. The maximum atomic E-state index is 12.4. The van der Waals surface area contributed by atoms with E-state index in [2.05, 4.69) is 30.8 Å². The highest BCUT2D eigenvalue weighted by Gasteiger charge is 2.27. The number of H-pyrrole nitrogens is 1. The van der Waals surface area contributed by atoms with Crippen LogP contribution in [0.2, 0.25) is 0 Å². The third kappa shape index (κ3) is 3.23. The monoisotopic (exact) mass is 358 g/mol. The van der Waals surface area contributed by atoms with E-state index in [0.717, 1.165) is 16.5 Å². The van der Waals surface area contributed by atoms with Crippen LogP contribution in [0.25, 0.3) is 21.8 Å². The van der Waals surface area contributed by atoms with Crippen molar-refractivity contribution in [3.05, 3.63) is 48.8 Å². The summed E-state index contributed by atoms with van der Waals surface area (Å²) in [5.41, 5.74) is 1.42. The van der Waals surface area contributed by atoms with Gasteiger partial charge in [-0.3, -0.25) is 5.10 Å². The Morgan fingerprint density at radius 2 is 1.85 bits per heavy atom. The van der Waals surface area contributed by atoms with Crippen LogP contribution in [0.15, 0.2) is 48.8 Å². The van der Waals surface area contributed by atoms with Gasteiger partial charge in [0.25, 0.3) is 0 Å². The highest BCUT2D eigenvalue weighted by atomic mass is 19.4. The van der Waals surface area contributed by atoms with Crippen LogP contribution < -0.4 is 10.6 Å². The second kappa shape index (κ2) is 6.17. The van der Waals surface area contributed by atoms with Gasteiger partial charge >= 0.3 is 6.18 Å². The van der Waals surface area contributed by atoms with Crippen LogP contribution in [-0.4, -0.2) is 32.9 Å². The van der Waals surface area contributed by atoms with Crippen LogP contribution in [-0.2, 0) is 0 Å². The molecule has 0 saturated carbocycles. The fourth-order valence-electron chi connectivity index (χ4n) is 2.67. The Labute approximate surface area is 145 Å². The summed E-state index contributed by atoms with van der Waals surface area (Å²) in [6.07, 6.45) is -1.16. The van der Waals surface area contributed by atoms with Crippen molar-refractivity contribution < 1.29 is 13.2 Å². The lowest BCUT2D eigenvalue weighted by molar-refractivity contribution is -0.115. The summed E-state index contributed by atoms with van der Waals surface area (Å²) in [5, 5.41) is 14.8. The molecule has 0 aliphatic rings. The summed E-state index contributed by atoms with van der Waals surface area (Å²) in [6, 6.07) is 10.7. The lowest BCUT2D eigenvalue weighted by Crippen LogP contribution is -2.21. The number of benzene rings is 1. The van der Waals surface area contributed by atoms with Gasteiger partial charge in [-0.15, -0.1) is 0 Å². The minimum absolute atomic E-state index is 0.195. The van der Waals surface area contributed by atoms with Gasteiger partial charge in [0, 0.05) is 23.5 Å². The Kier molecular flexibility index (Phi) is 3.83. The normalized spacial score (nSPS) is 11.8. The second-order valence-electron chi connectivity index (χ2n) is 5.66. The van der Waals surface area contributed by atoms with Gasteiger partial charge in [-0.1, -0.05) is 0 Å². The number of alkyl halides is 3. The predicted molar refractivity (Wildman–Crippen MR) is 93.5 cm³/mol. The van der Waals surface area contributed by atoms with Crippen LogP contribution in [0.4, 0.5) is 30.5 Å². The highest BCUT2D eigenvalue weighted by molar-refractivity contribution is 5.95. The quantitative estimate of drug-likeness (QED) is 0.509. The van der Waals surface area contributed by atoms with Gasteiger partial charge in [-0.25, -0.2) is 9.97 Å². The zero-order valence-electron chi connectivity index (χ0n) is 13.3. The first-order chi connectivity index (χ1) is 12.5. The molecule has 0 aliphatic carbocycles. The van der Waals surface area contributed by atoms with Gasteiger partial charge in [0.05, 0.1) is 5.39 Å². The zero-order chi connectivity index (χ0) is 18.1. The molecule has 0 spiro atoms. The largest absolute Gasteiger partial charge is 0.405 e. The number of nitrogens with zero attached hydrogens (tertiary/aromatic N) is 3. The molecule has 3 N–H and O–H groups in total. The van der Waals surface area contributed by atoms with Crippen molar-refractivity contribution in [1.82, 2.24) is 20.2 Å². The summed E-state index contributed by atoms with van der Waals surface area (Å²) in [6.45, 7) is -1.13. The van der Waals surface area contributed by atoms with E-state index in [0.29, 0.717) is 16.9 Å². The molecule has 9 heteroatoms. The Hall–Kier alpha value is -3.36. The number of aromatic amines is 1. The van der Waals surface area contributed by atoms with Gasteiger partial charge in [0.2, 0.25) is 0 Å². The summed E-state index contributed by atoms with van der Waals surface area (Å²) in [4.78, 5) is 8.18. The number of hydrogen-bond donors (Lipinski definition) is 3. The first-order valence-electron chi connectivity index (χ1n) is 7.75. The summed E-state index contributed by atoms with van der Waals surface area (Å²) < 4.78 is 37.3. The number of fused-ring (bicyclic) bond motifs is 2. The van der Waals surface area contributed by atoms with E-state index in [4.69, 9.17) is 0 Å². The SMILES string of the molecule is FC(F)(F)CNc1nccc2cc(Nc3n[nH]c4ncccc34)ccc12. The molecule has 0 atom stereocenters. The fraction of sp³-hybridized carbons (Fsp3) is 0.118. The average molecular weight is 358 g/mol. The van der Waals surface area contributed by atoms with Crippen molar-refractivity contribution in [2.45, 2.75) is 6.18 Å². The molecule has 132 valence electrons. The molecule has 0 saturated heterocycles. The van der Waals surface area contributed by atoms with E-state index >= 15 is 0 Å². The van der Waals surface area contributed by atoms with Crippen molar-refractivity contribution in [3.63, 3.8) is 0 Å². The molecule has 0 unspecified atom stereocenters. The van der Waals surface area contributed by atoms with Crippen molar-refractivity contribution >= 4 is 39.1 Å². The average Bonchev–Trinajstić information content (AvgIpc) is 3.02. The standard InChI is InChI=1S/C17H13F3N6/c18-17(19,20)9-23-14-12-4-3-11(8-10(12)5-7-22-14)24-16-13-2-1-6-21-15(13)25-26-16/h1-8H,9H2,(H,22,23)(H2,21,24,25,26). The van der Waals surface area contributed by atoms with Crippen LogP contribution in [0.5, 0.6) is 0 Å². The van der Waals surface area contributed by atoms with Crippen LogP contribution in [0.1, 0.15) is 0 Å². The summed E-state index contributed by atoms with van der Waals surface area (Å²) in [5.74, 6) is 0.817. The third-order valence-corrected chi connectivity index (χ3v) is 3.82. The van der Waals surface area contributed by atoms with Gasteiger partial charge in [-0.2, -0.15) is 18.3 Å². The molecule has 3 heterocycles. The molecule has 4 aromatic rings. The number of aromatic nitrogens is 4. The maximum Gasteiger partial charge on any atom is 0.405 e. The predicted octanol–water partition coefficient (Wildman–Crippen LogP) is 4.22. The Bertz CT molecular complexity index is 1070. The van der Waals surface area contributed by atoms with E-state index < -0.39 is 12.7 Å². The maximum absolute atomic E-state index is 12.4. The van der Waals surface area contributed by atoms with Crippen LogP contribution >= 0.6 is 0 Å². The number of hydrogen-bond acceptors (Lipinski definition) is 5. The van der Waals surface area contributed by atoms with Crippen molar-refractivity contribution in [2.24, 2.45) is 0 Å². The van der Waals surface area contributed by atoms with E-state index in [1.54, 1.807) is 24.4 Å². The molecule has 0 bridgehead atoms. The molecule has 0 radical (unpaired) electrons. The lowest BCUT2D eigenvalue weighted by Gasteiger charge is -2.12. The van der Waals surface area contributed by atoms with E-state index in [1.807, 2.05) is 18.2 Å². The fourth-order valence-corrected chi connectivity index (χ4v) is 2.67. The topological polar surface area (TPSA) is 78.5 Å². The smallest absolute Gasteiger partial charge is 0.361 e. The van der Waals surface area contributed by atoms with Gasteiger partial charge in [0.15, 0.2) is 11.5 Å². The first-order valence-corrected chi connectivity index (χ1v) is 7.75. The minimum atomic E-state index is -4.31. The van der Waals surface area contributed by atoms with Crippen LogP contribution in [0.3, 0.4) is 0 Å². The Morgan fingerprint density at radius 1 is 0.962 bits per heavy atom. The van der Waals surface area contributed by atoms with E-state index in [-0.39, 0.29) is 5.82 Å². The molecule has 1 aromatic carbocycles. The van der Waals surface area contributed by atoms with Crippen LogP contribution in [0, 0.1) is 0 Å². The lowest BCUT2D eigenvalue weighted by atomic mass is 10.1. The number of halogens is 3. The van der Waals surface area contributed by atoms with Gasteiger partial charge in [-0.05, 0) is 41.8 Å². The third-order valence-electron chi connectivity index (χ3n) is 3.82. The number of nitrogens with one attached hydrogen (secondary N) is 3. The molecule has 3 aromatic heterocycles. The van der Waals surface area contributed by atoms with Crippen molar-refractivity contribution in [3.8, 4) is 0 Å². The Morgan fingerprint density at radius 3 is 2.69 bits per heavy atom. The molecule has 0 fully saturated rings. The molecular formula is C17H13F3N6. The minimum Gasteiger partial charge on any atom is -0.361 e. The first kappa shape index (κ1) is 16.1. The van der Waals surface area contributed by atoms with E-state index in [1.165, 1.54) is 6.20 Å².